The monoisotopic (exact) mass is 304 g/mol. The van der Waals surface area contributed by atoms with Crippen LogP contribution in [-0.4, -0.2) is 23.0 Å². The standard InChI is InChI=1S/C14H12N2O2S2/c1-16-13(17)12(20-14(16)19)5-8-7-15-11-4-3-9(18-2)6-10(8)11/h3-7,17H,1-2H3/b8-5-. The Bertz CT molecular complexity index is 800. The van der Waals surface area contributed by atoms with E-state index in [0.29, 0.717) is 3.95 Å². The molecule has 0 bridgehead atoms. The van der Waals surface area contributed by atoms with Crippen molar-refractivity contribution in [2.75, 3.05) is 7.11 Å². The smallest absolute Gasteiger partial charge is 0.210 e. The topological polar surface area (TPSA) is 46.8 Å². The quantitative estimate of drug-likeness (QED) is 0.859. The molecular weight excluding hydrogens is 292 g/mol. The van der Waals surface area contributed by atoms with Gasteiger partial charge in [0.1, 0.15) is 5.75 Å². The van der Waals surface area contributed by atoms with Crippen LogP contribution >= 0.6 is 23.6 Å². The summed E-state index contributed by atoms with van der Waals surface area (Å²) in [5.41, 5.74) is 2.83. The fourth-order valence-corrected chi connectivity index (χ4v) is 3.19. The van der Waals surface area contributed by atoms with E-state index in [4.69, 9.17) is 17.0 Å². The molecule has 1 aliphatic rings. The summed E-state index contributed by atoms with van der Waals surface area (Å²) in [6.07, 6.45) is 3.68. The van der Waals surface area contributed by atoms with Crippen molar-refractivity contribution in [3.63, 3.8) is 0 Å². The predicted molar refractivity (Wildman–Crippen MR) is 84.8 cm³/mol. The number of nitrogens with zero attached hydrogens (tertiary/aromatic N) is 2. The van der Waals surface area contributed by atoms with Gasteiger partial charge in [0, 0.05) is 24.4 Å². The molecule has 1 aromatic heterocycles. The third-order valence-electron chi connectivity index (χ3n) is 3.15. The zero-order valence-corrected chi connectivity index (χ0v) is 12.6. The van der Waals surface area contributed by atoms with E-state index in [9.17, 15) is 5.11 Å². The summed E-state index contributed by atoms with van der Waals surface area (Å²) in [5, 5.41) is 10.0. The first-order valence-corrected chi connectivity index (χ1v) is 7.15. The summed E-state index contributed by atoms with van der Waals surface area (Å²) in [6, 6.07) is 5.73. The number of aromatic hydroxyl groups is 1. The summed E-state index contributed by atoms with van der Waals surface area (Å²) in [4.78, 5) is 5.08. The number of thiazole rings is 1. The highest BCUT2D eigenvalue weighted by Crippen LogP contribution is 2.37. The van der Waals surface area contributed by atoms with E-state index in [1.54, 1.807) is 24.9 Å². The lowest BCUT2D eigenvalue weighted by atomic mass is 10.1. The first kappa shape index (κ1) is 13.1. The van der Waals surface area contributed by atoms with Crippen LogP contribution in [0.15, 0.2) is 23.2 Å². The third-order valence-corrected chi connectivity index (χ3v) is 4.65. The number of allylic oxidation sites excluding steroid dienone is 1. The molecule has 0 atom stereocenters. The lowest BCUT2D eigenvalue weighted by Gasteiger charge is -2.03. The second kappa shape index (κ2) is 4.88. The van der Waals surface area contributed by atoms with Gasteiger partial charge in [-0.2, -0.15) is 0 Å². The van der Waals surface area contributed by atoms with E-state index in [1.807, 2.05) is 24.3 Å². The van der Waals surface area contributed by atoms with Gasteiger partial charge in [-0.05, 0) is 36.5 Å². The fourth-order valence-electron chi connectivity index (χ4n) is 2.00. The van der Waals surface area contributed by atoms with Crippen LogP contribution in [0.3, 0.4) is 0 Å². The Balaban J connectivity index is 2.10. The Hall–Kier alpha value is -1.92. The zero-order chi connectivity index (χ0) is 14.3. The fraction of sp³-hybridized carbons (Fsp3) is 0.143. The molecule has 0 fully saturated rings. The number of benzene rings is 1. The van der Waals surface area contributed by atoms with Gasteiger partial charge in [0.15, 0.2) is 3.95 Å². The minimum absolute atomic E-state index is 0.178. The average Bonchev–Trinajstić information content (AvgIpc) is 2.96. The molecule has 1 N–H and O–H groups in total. The van der Waals surface area contributed by atoms with E-state index in [0.717, 1.165) is 27.5 Å². The Morgan fingerprint density at radius 2 is 2.25 bits per heavy atom. The SMILES string of the molecule is COc1ccc2c(c1)/C(=C\c1sc(=S)n(C)c1O)C=N2. The van der Waals surface area contributed by atoms with Crippen LogP contribution in [0.2, 0.25) is 0 Å². The minimum Gasteiger partial charge on any atom is -0.497 e. The van der Waals surface area contributed by atoms with Gasteiger partial charge in [-0.3, -0.25) is 9.56 Å². The zero-order valence-electron chi connectivity index (χ0n) is 11.0. The molecule has 0 aliphatic carbocycles. The van der Waals surface area contributed by atoms with Crippen molar-refractivity contribution in [1.29, 1.82) is 0 Å². The highest BCUT2D eigenvalue weighted by molar-refractivity contribution is 7.73. The van der Waals surface area contributed by atoms with E-state index >= 15 is 0 Å². The van der Waals surface area contributed by atoms with Crippen molar-refractivity contribution in [2.45, 2.75) is 0 Å². The van der Waals surface area contributed by atoms with Gasteiger partial charge < -0.3 is 9.84 Å². The molecule has 102 valence electrons. The molecule has 4 nitrogen and oxygen atoms in total. The summed E-state index contributed by atoms with van der Waals surface area (Å²) in [6.45, 7) is 0. The van der Waals surface area contributed by atoms with Gasteiger partial charge in [-0.25, -0.2) is 0 Å². The number of ether oxygens (including phenoxy) is 1. The molecule has 0 saturated carbocycles. The van der Waals surface area contributed by atoms with Gasteiger partial charge in [-0.1, -0.05) is 0 Å². The van der Waals surface area contributed by atoms with Crippen LogP contribution in [0.5, 0.6) is 11.6 Å². The Kier molecular flexibility index (Phi) is 3.19. The Morgan fingerprint density at radius 1 is 1.45 bits per heavy atom. The number of aromatic nitrogens is 1. The van der Waals surface area contributed by atoms with Crippen LogP contribution in [0.25, 0.3) is 11.6 Å². The molecule has 20 heavy (non-hydrogen) atoms. The van der Waals surface area contributed by atoms with Crippen molar-refractivity contribution in [1.82, 2.24) is 4.57 Å². The number of methoxy groups -OCH3 is 1. The number of rotatable bonds is 2. The first-order valence-electron chi connectivity index (χ1n) is 5.93. The minimum atomic E-state index is 0.178. The Morgan fingerprint density at radius 3 is 2.90 bits per heavy atom. The van der Waals surface area contributed by atoms with Crippen molar-refractivity contribution in [3.05, 3.63) is 32.6 Å². The molecule has 0 saturated heterocycles. The van der Waals surface area contributed by atoms with Crippen molar-refractivity contribution in [2.24, 2.45) is 12.0 Å². The molecule has 0 spiro atoms. The third kappa shape index (κ3) is 2.07. The maximum absolute atomic E-state index is 10.0. The van der Waals surface area contributed by atoms with Gasteiger partial charge in [-0.15, -0.1) is 11.3 Å². The van der Waals surface area contributed by atoms with E-state index in [-0.39, 0.29) is 5.88 Å². The van der Waals surface area contributed by atoms with Crippen LogP contribution < -0.4 is 4.74 Å². The van der Waals surface area contributed by atoms with E-state index in [1.165, 1.54) is 11.3 Å². The second-order valence-electron chi connectivity index (χ2n) is 4.36. The van der Waals surface area contributed by atoms with Crippen LogP contribution in [0, 0.1) is 3.95 Å². The summed E-state index contributed by atoms with van der Waals surface area (Å²) >= 11 is 6.53. The van der Waals surface area contributed by atoms with Crippen LogP contribution in [0.1, 0.15) is 10.4 Å². The molecule has 1 aliphatic heterocycles. The predicted octanol–water partition coefficient (Wildman–Crippen LogP) is 3.79. The molecule has 3 rings (SSSR count). The van der Waals surface area contributed by atoms with Crippen LogP contribution in [-0.2, 0) is 7.05 Å². The van der Waals surface area contributed by atoms with Crippen molar-refractivity contribution in [3.8, 4) is 11.6 Å². The molecule has 0 unspecified atom stereocenters. The van der Waals surface area contributed by atoms with Gasteiger partial charge in [0.25, 0.3) is 0 Å². The molecule has 2 heterocycles. The maximum atomic E-state index is 10.0. The second-order valence-corrected chi connectivity index (χ2v) is 6.03. The van der Waals surface area contributed by atoms with E-state index in [2.05, 4.69) is 4.99 Å². The number of hydrogen-bond donors (Lipinski definition) is 1. The normalized spacial score (nSPS) is 14.8. The average molecular weight is 304 g/mol. The van der Waals surface area contributed by atoms with Gasteiger partial charge >= 0.3 is 0 Å². The maximum Gasteiger partial charge on any atom is 0.210 e. The number of aliphatic imine (C=N–C) groups is 1. The summed E-state index contributed by atoms with van der Waals surface area (Å²) in [5.74, 6) is 0.960. The highest BCUT2D eigenvalue weighted by Gasteiger charge is 2.15. The van der Waals surface area contributed by atoms with Gasteiger partial charge in [0.05, 0.1) is 17.7 Å². The highest BCUT2D eigenvalue weighted by atomic mass is 32.1. The molecule has 2 aromatic rings. The molecule has 1 aromatic carbocycles. The van der Waals surface area contributed by atoms with Crippen molar-refractivity contribution < 1.29 is 9.84 Å². The summed E-state index contributed by atoms with van der Waals surface area (Å²) in [7, 11) is 3.38. The van der Waals surface area contributed by atoms with Crippen LogP contribution in [0.4, 0.5) is 5.69 Å². The van der Waals surface area contributed by atoms with Crippen molar-refractivity contribution >= 4 is 47.1 Å². The first-order chi connectivity index (χ1) is 9.60. The molecule has 6 heteroatoms. The lowest BCUT2D eigenvalue weighted by Crippen LogP contribution is -1.86. The van der Waals surface area contributed by atoms with Gasteiger partial charge in [0.2, 0.25) is 5.88 Å². The number of fused-ring (bicyclic) bond motifs is 1. The lowest BCUT2D eigenvalue weighted by molar-refractivity contribution is 0.415. The molecular formula is C14H12N2O2S2. The van der Waals surface area contributed by atoms with E-state index < -0.39 is 0 Å². The summed E-state index contributed by atoms with van der Waals surface area (Å²) < 4.78 is 7.46. The molecule has 0 amide bonds. The Labute approximate surface area is 125 Å². The largest absolute Gasteiger partial charge is 0.497 e. The molecule has 0 radical (unpaired) electrons. The number of hydrogen-bond acceptors (Lipinski definition) is 5.